The first-order valence-corrected chi connectivity index (χ1v) is 25.2. The highest BCUT2D eigenvalue weighted by Crippen LogP contribution is 2.45. The monoisotopic (exact) mass is 919 g/mol. The number of nitrogens with zero attached hydrogens (tertiary/aromatic N) is 3. The van der Waals surface area contributed by atoms with Gasteiger partial charge in [-0.15, -0.1) is 34.0 Å². The Kier molecular flexibility index (Phi) is 9.12. The van der Waals surface area contributed by atoms with Crippen LogP contribution in [0, 0.1) is 0 Å². The maximum atomic E-state index is 5.51. The lowest BCUT2D eigenvalue weighted by molar-refractivity contribution is 1.10. The Hall–Kier alpha value is -8.00. The number of thiophene rings is 2. The van der Waals surface area contributed by atoms with Gasteiger partial charge in [-0.3, -0.25) is 4.57 Å². The Labute approximate surface area is 404 Å². The molecule has 0 aliphatic heterocycles. The van der Waals surface area contributed by atoms with Crippen molar-refractivity contribution in [3.05, 3.63) is 224 Å². The van der Waals surface area contributed by atoms with Gasteiger partial charge in [0, 0.05) is 68.3 Å². The molecule has 0 radical (unpaired) electrons. The molecule has 0 aliphatic rings. The Morgan fingerprint density at radius 2 is 0.779 bits per heavy atom. The summed E-state index contributed by atoms with van der Waals surface area (Å²) in [7, 11) is 0. The van der Waals surface area contributed by atoms with Crippen molar-refractivity contribution >= 4 is 95.6 Å². The summed E-state index contributed by atoms with van der Waals surface area (Å²) in [6.45, 7) is 0. The molecular formula is C62H37N3S3. The number of para-hydroxylation sites is 3. The van der Waals surface area contributed by atoms with Crippen molar-refractivity contribution in [1.82, 2.24) is 14.5 Å². The molecule has 68 heavy (non-hydrogen) atoms. The first kappa shape index (κ1) is 39.2. The van der Waals surface area contributed by atoms with E-state index in [9.17, 15) is 0 Å². The van der Waals surface area contributed by atoms with Crippen molar-refractivity contribution in [2.45, 2.75) is 0 Å². The molecule has 6 heteroatoms. The van der Waals surface area contributed by atoms with E-state index in [1.165, 1.54) is 78.4 Å². The summed E-state index contributed by atoms with van der Waals surface area (Å²) in [5.74, 6) is 0.914. The highest BCUT2D eigenvalue weighted by atomic mass is 32.1. The van der Waals surface area contributed by atoms with Gasteiger partial charge in [-0.25, -0.2) is 9.97 Å². The number of hydrogen-bond donors (Lipinski definition) is 0. The molecule has 318 valence electrons. The topological polar surface area (TPSA) is 30.7 Å². The van der Waals surface area contributed by atoms with E-state index in [0.717, 1.165) is 55.3 Å². The van der Waals surface area contributed by atoms with E-state index >= 15 is 0 Å². The lowest BCUT2D eigenvalue weighted by Gasteiger charge is -2.10. The van der Waals surface area contributed by atoms with Crippen molar-refractivity contribution in [3.63, 3.8) is 0 Å². The lowest BCUT2D eigenvalue weighted by Crippen LogP contribution is -1.97. The zero-order valence-electron chi connectivity index (χ0n) is 36.4. The second-order valence-corrected chi connectivity index (χ2v) is 20.3. The highest BCUT2D eigenvalue weighted by Gasteiger charge is 2.20. The van der Waals surface area contributed by atoms with Gasteiger partial charge in [-0.05, 0) is 69.8 Å². The van der Waals surface area contributed by atoms with Gasteiger partial charge in [0.1, 0.15) is 10.8 Å². The Bertz CT molecular complexity index is 4040. The molecule has 10 aromatic carbocycles. The van der Waals surface area contributed by atoms with Crippen LogP contribution >= 0.6 is 34.0 Å². The molecular weight excluding hydrogens is 883 g/mol. The number of thiazole rings is 1. The van der Waals surface area contributed by atoms with Gasteiger partial charge in [-0.2, -0.15) is 0 Å². The summed E-state index contributed by atoms with van der Waals surface area (Å²) in [6.07, 6.45) is 0. The quantitative estimate of drug-likeness (QED) is 0.159. The summed E-state index contributed by atoms with van der Waals surface area (Å²) in [6, 6.07) is 81.3. The van der Waals surface area contributed by atoms with Crippen molar-refractivity contribution in [2.75, 3.05) is 0 Å². The third-order valence-corrected chi connectivity index (χ3v) is 16.9. The van der Waals surface area contributed by atoms with Gasteiger partial charge in [0.2, 0.25) is 0 Å². The first-order chi connectivity index (χ1) is 33.7. The van der Waals surface area contributed by atoms with Gasteiger partial charge >= 0.3 is 0 Å². The van der Waals surface area contributed by atoms with Crippen LogP contribution < -0.4 is 0 Å². The molecule has 0 aliphatic carbocycles. The predicted octanol–water partition coefficient (Wildman–Crippen LogP) is 18.4. The van der Waals surface area contributed by atoms with E-state index in [4.69, 9.17) is 9.97 Å². The standard InChI is InChI=1S/C62H37N3S3/c1-2-12-44(13-3-1)65-54-21-7-6-20-53(54)63-61(65)42-32-34-43(35-33-42)62-64-57-45(38-24-26-39(27-25-38)46-16-10-18-51-49-14-4-8-22-55(49)66-58(46)51)36-37-48(60(57)68-62)41-30-28-40(29-31-41)47-17-11-19-52-50-15-5-9-23-56(50)67-59(47)52/h1-37H. The summed E-state index contributed by atoms with van der Waals surface area (Å²) in [4.78, 5) is 10.7. The van der Waals surface area contributed by atoms with E-state index in [1.807, 2.05) is 22.7 Å². The summed E-state index contributed by atoms with van der Waals surface area (Å²) in [5.41, 5.74) is 15.9. The van der Waals surface area contributed by atoms with Crippen molar-refractivity contribution in [1.29, 1.82) is 0 Å². The number of hydrogen-bond acceptors (Lipinski definition) is 5. The highest BCUT2D eigenvalue weighted by molar-refractivity contribution is 7.26. The van der Waals surface area contributed by atoms with Crippen molar-refractivity contribution in [3.8, 4) is 72.2 Å². The third kappa shape index (κ3) is 6.37. The molecule has 14 aromatic rings. The van der Waals surface area contributed by atoms with Crippen LogP contribution in [0.3, 0.4) is 0 Å². The summed E-state index contributed by atoms with van der Waals surface area (Å²) < 4.78 is 8.72. The first-order valence-electron chi connectivity index (χ1n) is 22.8. The number of fused-ring (bicyclic) bond motifs is 8. The molecule has 14 rings (SSSR count). The number of aromatic nitrogens is 3. The van der Waals surface area contributed by atoms with Gasteiger partial charge in [-0.1, -0.05) is 188 Å². The van der Waals surface area contributed by atoms with E-state index in [1.54, 1.807) is 11.3 Å². The Morgan fingerprint density at radius 3 is 1.40 bits per heavy atom. The van der Waals surface area contributed by atoms with E-state index in [2.05, 4.69) is 229 Å². The molecule has 0 N–H and O–H groups in total. The zero-order chi connectivity index (χ0) is 44.7. The van der Waals surface area contributed by atoms with Crippen LogP contribution in [0.2, 0.25) is 0 Å². The van der Waals surface area contributed by atoms with E-state index < -0.39 is 0 Å². The Balaban J connectivity index is 0.875. The molecule has 3 nitrogen and oxygen atoms in total. The summed E-state index contributed by atoms with van der Waals surface area (Å²) in [5, 5.41) is 6.25. The Morgan fingerprint density at radius 1 is 0.309 bits per heavy atom. The molecule has 0 spiro atoms. The molecule has 4 aromatic heterocycles. The smallest absolute Gasteiger partial charge is 0.145 e. The van der Waals surface area contributed by atoms with Crippen LogP contribution in [0.15, 0.2) is 224 Å². The van der Waals surface area contributed by atoms with Crippen LogP contribution in [-0.2, 0) is 0 Å². The molecule has 0 bridgehead atoms. The fourth-order valence-corrected chi connectivity index (χ4v) is 13.6. The van der Waals surface area contributed by atoms with Crippen molar-refractivity contribution < 1.29 is 0 Å². The van der Waals surface area contributed by atoms with Crippen LogP contribution in [0.25, 0.3) is 134 Å². The predicted molar refractivity (Wildman–Crippen MR) is 293 cm³/mol. The minimum Gasteiger partial charge on any atom is -0.292 e. The second-order valence-electron chi connectivity index (χ2n) is 17.2. The lowest BCUT2D eigenvalue weighted by atomic mass is 9.95. The fraction of sp³-hybridized carbons (Fsp3) is 0. The van der Waals surface area contributed by atoms with Gasteiger partial charge in [0.15, 0.2) is 0 Å². The largest absolute Gasteiger partial charge is 0.292 e. The number of benzene rings is 10. The molecule has 0 atom stereocenters. The van der Waals surface area contributed by atoms with Gasteiger partial charge < -0.3 is 0 Å². The average molecular weight is 920 g/mol. The normalized spacial score (nSPS) is 11.8. The molecule has 0 unspecified atom stereocenters. The minimum atomic E-state index is 0.914. The SMILES string of the molecule is c1ccc(-n2c(-c3ccc(-c4nc5c(-c6ccc(-c7cccc8c7sc7ccccc78)cc6)ccc(-c6ccc(-c7cccc8c7sc7ccccc78)cc6)c5s4)cc3)nc3ccccc32)cc1. The zero-order valence-corrected chi connectivity index (χ0v) is 38.9. The number of rotatable bonds is 7. The molecule has 0 fully saturated rings. The van der Waals surface area contributed by atoms with Crippen LogP contribution in [0.4, 0.5) is 0 Å². The molecule has 0 amide bonds. The van der Waals surface area contributed by atoms with Crippen molar-refractivity contribution in [2.24, 2.45) is 0 Å². The van der Waals surface area contributed by atoms with Gasteiger partial charge in [0.25, 0.3) is 0 Å². The minimum absolute atomic E-state index is 0.914. The maximum absolute atomic E-state index is 5.51. The third-order valence-electron chi connectivity index (χ3n) is 13.3. The van der Waals surface area contributed by atoms with E-state index in [0.29, 0.717) is 0 Å². The molecule has 0 saturated heterocycles. The molecule has 4 heterocycles. The summed E-state index contributed by atoms with van der Waals surface area (Å²) >= 11 is 5.51. The second kappa shape index (κ2) is 15.8. The van der Waals surface area contributed by atoms with Crippen LogP contribution in [0.1, 0.15) is 0 Å². The van der Waals surface area contributed by atoms with Gasteiger partial charge in [0.05, 0.1) is 21.3 Å². The number of imidazole rings is 1. The fourth-order valence-electron chi connectivity index (χ4n) is 10.0. The maximum Gasteiger partial charge on any atom is 0.145 e. The van der Waals surface area contributed by atoms with E-state index in [-0.39, 0.29) is 0 Å². The molecule has 0 saturated carbocycles. The van der Waals surface area contributed by atoms with Crippen LogP contribution in [0.5, 0.6) is 0 Å². The average Bonchev–Trinajstić information content (AvgIpc) is 4.21. The van der Waals surface area contributed by atoms with Crippen LogP contribution in [-0.4, -0.2) is 14.5 Å².